The van der Waals surface area contributed by atoms with Crippen molar-refractivity contribution < 1.29 is 5.11 Å². The summed E-state index contributed by atoms with van der Waals surface area (Å²) >= 11 is 1.70. The molecule has 0 bridgehead atoms. The Kier molecular flexibility index (Phi) is 4.25. The van der Waals surface area contributed by atoms with Gasteiger partial charge in [0.1, 0.15) is 0 Å². The zero-order valence-electron chi connectivity index (χ0n) is 11.0. The van der Waals surface area contributed by atoms with Crippen molar-refractivity contribution in [3.8, 4) is 0 Å². The summed E-state index contributed by atoms with van der Waals surface area (Å²) in [7, 11) is 0. The standard InChI is InChI=1S/C13H21N3OS/c1-9-6-10(2)16-12(15-9)18-11-4-3-5-13(14,7-11)8-17/h6,11,17H,3-5,7-8,14H2,1-2H3. The molecule has 1 aromatic rings. The largest absolute Gasteiger partial charge is 0.394 e. The van der Waals surface area contributed by atoms with Crippen LogP contribution in [0.25, 0.3) is 0 Å². The SMILES string of the molecule is Cc1cc(C)nc(SC2CCCC(N)(CO)C2)n1. The summed E-state index contributed by atoms with van der Waals surface area (Å²) in [6, 6.07) is 1.98. The Labute approximate surface area is 112 Å². The summed E-state index contributed by atoms with van der Waals surface area (Å²) in [6.07, 6.45) is 3.94. The van der Waals surface area contributed by atoms with Crippen molar-refractivity contribution in [3.63, 3.8) is 0 Å². The number of hydrogen-bond acceptors (Lipinski definition) is 5. The first-order chi connectivity index (χ1) is 8.50. The van der Waals surface area contributed by atoms with Gasteiger partial charge in [0, 0.05) is 22.2 Å². The molecule has 0 aliphatic heterocycles. The van der Waals surface area contributed by atoms with Gasteiger partial charge in [0.2, 0.25) is 0 Å². The van der Waals surface area contributed by atoms with Crippen LogP contribution in [0.15, 0.2) is 11.2 Å². The number of aliphatic hydroxyl groups excluding tert-OH is 1. The molecule has 1 aliphatic carbocycles. The average molecular weight is 267 g/mol. The Morgan fingerprint density at radius 1 is 1.44 bits per heavy atom. The molecule has 1 saturated carbocycles. The Balaban J connectivity index is 2.04. The molecule has 0 radical (unpaired) electrons. The molecule has 0 spiro atoms. The van der Waals surface area contributed by atoms with Crippen LogP contribution >= 0.6 is 11.8 Å². The first kappa shape index (κ1) is 13.8. The van der Waals surface area contributed by atoms with E-state index in [0.29, 0.717) is 5.25 Å². The molecule has 5 heteroatoms. The minimum absolute atomic E-state index is 0.0672. The fraction of sp³-hybridized carbons (Fsp3) is 0.692. The van der Waals surface area contributed by atoms with Crippen LogP contribution in [0.4, 0.5) is 0 Å². The quantitative estimate of drug-likeness (QED) is 0.817. The van der Waals surface area contributed by atoms with Crippen LogP contribution in [0, 0.1) is 13.8 Å². The Morgan fingerprint density at radius 2 is 2.11 bits per heavy atom. The molecule has 18 heavy (non-hydrogen) atoms. The van der Waals surface area contributed by atoms with Crippen molar-refractivity contribution in [2.75, 3.05) is 6.61 Å². The maximum absolute atomic E-state index is 9.36. The van der Waals surface area contributed by atoms with Crippen LogP contribution in [0.3, 0.4) is 0 Å². The van der Waals surface area contributed by atoms with Gasteiger partial charge in [0.25, 0.3) is 0 Å². The molecule has 4 nitrogen and oxygen atoms in total. The van der Waals surface area contributed by atoms with Gasteiger partial charge in [-0.3, -0.25) is 0 Å². The molecular weight excluding hydrogens is 246 g/mol. The summed E-state index contributed by atoms with van der Waals surface area (Å²) in [4.78, 5) is 8.90. The minimum Gasteiger partial charge on any atom is -0.394 e. The van der Waals surface area contributed by atoms with Gasteiger partial charge in [-0.2, -0.15) is 0 Å². The zero-order valence-corrected chi connectivity index (χ0v) is 11.8. The lowest BCUT2D eigenvalue weighted by molar-refractivity contribution is 0.159. The molecule has 3 N–H and O–H groups in total. The molecule has 2 atom stereocenters. The molecule has 1 aromatic heterocycles. The first-order valence-corrected chi connectivity index (χ1v) is 7.27. The summed E-state index contributed by atoms with van der Waals surface area (Å²) in [6.45, 7) is 4.04. The Morgan fingerprint density at radius 3 is 2.72 bits per heavy atom. The molecular formula is C13H21N3OS. The van der Waals surface area contributed by atoms with Crippen molar-refractivity contribution in [2.45, 2.75) is 55.5 Å². The topological polar surface area (TPSA) is 72.0 Å². The molecule has 1 fully saturated rings. The van der Waals surface area contributed by atoms with Crippen LogP contribution in [-0.2, 0) is 0 Å². The predicted molar refractivity (Wildman–Crippen MR) is 73.6 cm³/mol. The van der Waals surface area contributed by atoms with E-state index in [2.05, 4.69) is 9.97 Å². The van der Waals surface area contributed by atoms with Crippen LogP contribution in [0.2, 0.25) is 0 Å². The van der Waals surface area contributed by atoms with Gasteiger partial charge in [0.15, 0.2) is 5.16 Å². The molecule has 2 unspecified atom stereocenters. The van der Waals surface area contributed by atoms with E-state index in [1.807, 2.05) is 19.9 Å². The zero-order chi connectivity index (χ0) is 13.2. The van der Waals surface area contributed by atoms with Gasteiger partial charge in [-0.15, -0.1) is 0 Å². The summed E-state index contributed by atoms with van der Waals surface area (Å²) in [5.74, 6) is 0. The minimum atomic E-state index is -0.408. The maximum Gasteiger partial charge on any atom is 0.188 e. The van der Waals surface area contributed by atoms with Crippen LogP contribution in [0.1, 0.15) is 37.1 Å². The number of aromatic nitrogens is 2. The fourth-order valence-corrected chi connectivity index (χ4v) is 3.87. The highest BCUT2D eigenvalue weighted by molar-refractivity contribution is 7.99. The van der Waals surface area contributed by atoms with Crippen molar-refractivity contribution >= 4 is 11.8 Å². The fourth-order valence-electron chi connectivity index (χ4n) is 2.48. The van der Waals surface area contributed by atoms with Crippen molar-refractivity contribution in [1.82, 2.24) is 9.97 Å². The molecule has 100 valence electrons. The number of thioether (sulfide) groups is 1. The number of rotatable bonds is 3. The monoisotopic (exact) mass is 267 g/mol. The first-order valence-electron chi connectivity index (χ1n) is 6.39. The van der Waals surface area contributed by atoms with Gasteiger partial charge in [-0.05, 0) is 39.2 Å². The normalized spacial score (nSPS) is 28.3. The lowest BCUT2D eigenvalue weighted by Gasteiger charge is -2.35. The number of hydrogen-bond donors (Lipinski definition) is 2. The van der Waals surface area contributed by atoms with E-state index in [9.17, 15) is 5.11 Å². The van der Waals surface area contributed by atoms with E-state index in [1.54, 1.807) is 11.8 Å². The predicted octanol–water partition coefficient (Wildman–Crippen LogP) is 1.82. The Bertz CT molecular complexity index is 406. The second-order valence-corrected chi connectivity index (χ2v) is 6.56. The van der Waals surface area contributed by atoms with Gasteiger partial charge in [-0.1, -0.05) is 18.2 Å². The van der Waals surface area contributed by atoms with Crippen LogP contribution < -0.4 is 5.73 Å². The van der Waals surface area contributed by atoms with Crippen molar-refractivity contribution in [2.24, 2.45) is 5.73 Å². The van der Waals surface area contributed by atoms with Gasteiger partial charge >= 0.3 is 0 Å². The van der Waals surface area contributed by atoms with Crippen molar-refractivity contribution in [1.29, 1.82) is 0 Å². The molecule has 0 amide bonds. The Hall–Kier alpha value is -0.650. The third-order valence-corrected chi connectivity index (χ3v) is 4.51. The van der Waals surface area contributed by atoms with E-state index in [0.717, 1.165) is 42.2 Å². The van der Waals surface area contributed by atoms with Crippen LogP contribution in [-0.4, -0.2) is 32.5 Å². The molecule has 0 aromatic carbocycles. The van der Waals surface area contributed by atoms with Crippen molar-refractivity contribution in [3.05, 3.63) is 17.5 Å². The summed E-state index contributed by atoms with van der Waals surface area (Å²) < 4.78 is 0. The summed E-state index contributed by atoms with van der Waals surface area (Å²) in [5, 5.41) is 10.6. The second-order valence-electron chi connectivity index (χ2n) is 5.29. The lowest BCUT2D eigenvalue weighted by Crippen LogP contribution is -2.48. The van der Waals surface area contributed by atoms with Crippen LogP contribution in [0.5, 0.6) is 0 Å². The highest BCUT2D eigenvalue weighted by Crippen LogP contribution is 2.35. The van der Waals surface area contributed by atoms with E-state index >= 15 is 0 Å². The highest BCUT2D eigenvalue weighted by atomic mass is 32.2. The molecule has 1 aliphatic rings. The summed E-state index contributed by atoms with van der Waals surface area (Å²) in [5.41, 5.74) is 7.75. The number of nitrogens with zero attached hydrogens (tertiary/aromatic N) is 2. The number of aryl methyl sites for hydroxylation is 2. The molecule has 2 rings (SSSR count). The third kappa shape index (κ3) is 3.43. The van der Waals surface area contributed by atoms with Gasteiger partial charge in [0.05, 0.1) is 6.61 Å². The molecule has 0 saturated heterocycles. The van der Waals surface area contributed by atoms with E-state index in [4.69, 9.17) is 5.73 Å². The van der Waals surface area contributed by atoms with E-state index < -0.39 is 5.54 Å². The van der Waals surface area contributed by atoms with E-state index in [1.165, 1.54) is 0 Å². The second kappa shape index (κ2) is 5.55. The van der Waals surface area contributed by atoms with Gasteiger partial charge < -0.3 is 10.8 Å². The highest BCUT2D eigenvalue weighted by Gasteiger charge is 2.33. The number of aliphatic hydroxyl groups is 1. The lowest BCUT2D eigenvalue weighted by atomic mass is 9.83. The number of nitrogens with two attached hydrogens (primary N) is 1. The smallest absolute Gasteiger partial charge is 0.188 e. The maximum atomic E-state index is 9.36. The average Bonchev–Trinajstić information content (AvgIpc) is 2.27. The third-order valence-electron chi connectivity index (χ3n) is 3.38. The van der Waals surface area contributed by atoms with Gasteiger partial charge in [-0.25, -0.2) is 9.97 Å². The molecule has 1 heterocycles. The van der Waals surface area contributed by atoms with E-state index in [-0.39, 0.29) is 6.61 Å².